The Kier molecular flexibility index (Phi) is 3.70. The third-order valence-corrected chi connectivity index (χ3v) is 4.05. The molecule has 1 aliphatic heterocycles. The van der Waals surface area contributed by atoms with Gasteiger partial charge in [0.15, 0.2) is 0 Å². The van der Waals surface area contributed by atoms with E-state index in [0.717, 1.165) is 16.0 Å². The third-order valence-electron chi connectivity index (χ3n) is 3.08. The average Bonchev–Trinajstić information content (AvgIpc) is 2.57. The lowest BCUT2D eigenvalue weighted by atomic mass is 10.2. The van der Waals surface area contributed by atoms with E-state index in [9.17, 15) is 0 Å². The highest BCUT2D eigenvalue weighted by Crippen LogP contribution is 2.25. The van der Waals surface area contributed by atoms with Crippen LogP contribution in [0.2, 0.25) is 5.02 Å². The van der Waals surface area contributed by atoms with Crippen molar-refractivity contribution in [1.29, 1.82) is 0 Å². The zero-order valence-corrected chi connectivity index (χ0v) is 11.2. The standard InChI is InChI=1S/C12H15BrClN/c1-9-3-2-6-15(9)8-10-4-5-11(14)7-12(10)13/h4-5,7,9H,2-3,6,8H2,1H3. The molecule has 0 bridgehead atoms. The molecule has 0 spiro atoms. The molecule has 0 amide bonds. The van der Waals surface area contributed by atoms with E-state index in [1.54, 1.807) is 0 Å². The molecule has 2 rings (SSSR count). The molecule has 1 saturated heterocycles. The number of likely N-dealkylation sites (tertiary alicyclic amines) is 1. The van der Waals surface area contributed by atoms with Gasteiger partial charge in [-0.1, -0.05) is 33.6 Å². The first-order valence-corrected chi connectivity index (χ1v) is 6.52. The topological polar surface area (TPSA) is 3.24 Å². The molecule has 0 saturated carbocycles. The van der Waals surface area contributed by atoms with Gasteiger partial charge in [-0.15, -0.1) is 0 Å². The monoisotopic (exact) mass is 287 g/mol. The van der Waals surface area contributed by atoms with Crippen LogP contribution in [0.5, 0.6) is 0 Å². The smallest absolute Gasteiger partial charge is 0.0417 e. The molecule has 3 heteroatoms. The second-order valence-electron chi connectivity index (χ2n) is 4.20. The van der Waals surface area contributed by atoms with E-state index < -0.39 is 0 Å². The molecular weight excluding hydrogens is 273 g/mol. The molecule has 0 N–H and O–H groups in total. The normalized spacial score (nSPS) is 22.2. The van der Waals surface area contributed by atoms with Crippen LogP contribution in [-0.2, 0) is 6.54 Å². The molecule has 0 aromatic heterocycles. The van der Waals surface area contributed by atoms with Gasteiger partial charge in [0.1, 0.15) is 0 Å². The summed E-state index contributed by atoms with van der Waals surface area (Å²) in [5, 5.41) is 0.792. The van der Waals surface area contributed by atoms with Gasteiger partial charge >= 0.3 is 0 Å². The minimum absolute atomic E-state index is 0.715. The molecule has 0 radical (unpaired) electrons. The molecule has 1 aromatic rings. The summed E-state index contributed by atoms with van der Waals surface area (Å²) >= 11 is 9.48. The van der Waals surface area contributed by atoms with E-state index in [0.29, 0.717) is 6.04 Å². The molecule has 1 fully saturated rings. The Labute approximate surface area is 105 Å². The summed E-state index contributed by atoms with van der Waals surface area (Å²) < 4.78 is 1.12. The van der Waals surface area contributed by atoms with Crippen molar-refractivity contribution in [3.63, 3.8) is 0 Å². The Bertz CT molecular complexity index is 353. The van der Waals surface area contributed by atoms with Crippen LogP contribution in [0, 0.1) is 0 Å². The maximum atomic E-state index is 5.92. The molecule has 1 nitrogen and oxygen atoms in total. The van der Waals surface area contributed by atoms with E-state index in [-0.39, 0.29) is 0 Å². The van der Waals surface area contributed by atoms with Crippen LogP contribution in [0.3, 0.4) is 0 Å². The maximum absolute atomic E-state index is 5.92. The van der Waals surface area contributed by atoms with E-state index in [4.69, 9.17) is 11.6 Å². The molecule has 1 aliphatic rings. The van der Waals surface area contributed by atoms with Crippen molar-refractivity contribution < 1.29 is 0 Å². The summed E-state index contributed by atoms with van der Waals surface area (Å²) in [6, 6.07) is 6.75. The number of benzene rings is 1. The molecular formula is C12H15BrClN. The predicted molar refractivity (Wildman–Crippen MR) is 68.3 cm³/mol. The molecule has 15 heavy (non-hydrogen) atoms. The SMILES string of the molecule is CC1CCCN1Cc1ccc(Cl)cc1Br. The van der Waals surface area contributed by atoms with E-state index in [2.05, 4.69) is 33.8 Å². The first-order chi connectivity index (χ1) is 7.16. The highest BCUT2D eigenvalue weighted by atomic mass is 79.9. The summed E-state index contributed by atoms with van der Waals surface area (Å²) in [7, 11) is 0. The largest absolute Gasteiger partial charge is 0.296 e. The second-order valence-corrected chi connectivity index (χ2v) is 5.49. The van der Waals surface area contributed by atoms with Crippen LogP contribution in [0.15, 0.2) is 22.7 Å². The van der Waals surface area contributed by atoms with Crippen molar-refractivity contribution in [2.24, 2.45) is 0 Å². The highest BCUT2D eigenvalue weighted by molar-refractivity contribution is 9.10. The van der Waals surface area contributed by atoms with Crippen LogP contribution in [0.1, 0.15) is 25.3 Å². The lowest BCUT2D eigenvalue weighted by molar-refractivity contribution is 0.260. The Morgan fingerprint density at radius 3 is 2.93 bits per heavy atom. The van der Waals surface area contributed by atoms with Crippen molar-refractivity contribution in [3.8, 4) is 0 Å². The number of nitrogens with zero attached hydrogens (tertiary/aromatic N) is 1. The van der Waals surface area contributed by atoms with Gasteiger partial charge in [0.05, 0.1) is 0 Å². The van der Waals surface area contributed by atoms with E-state index in [1.807, 2.05) is 12.1 Å². The van der Waals surface area contributed by atoms with Crippen LogP contribution in [-0.4, -0.2) is 17.5 Å². The van der Waals surface area contributed by atoms with Crippen LogP contribution < -0.4 is 0 Å². The summed E-state index contributed by atoms with van der Waals surface area (Å²) in [6.45, 7) is 4.55. The number of halogens is 2. The molecule has 1 aromatic carbocycles. The Morgan fingerprint density at radius 1 is 1.53 bits per heavy atom. The highest BCUT2D eigenvalue weighted by Gasteiger charge is 2.20. The second kappa shape index (κ2) is 4.86. The van der Waals surface area contributed by atoms with Crippen LogP contribution in [0.25, 0.3) is 0 Å². The van der Waals surface area contributed by atoms with Crippen LogP contribution in [0.4, 0.5) is 0 Å². The summed E-state index contributed by atoms with van der Waals surface area (Å²) in [5.41, 5.74) is 1.33. The van der Waals surface area contributed by atoms with Gasteiger partial charge in [0.25, 0.3) is 0 Å². The Hall–Kier alpha value is -0.0500. The van der Waals surface area contributed by atoms with Gasteiger partial charge in [-0.25, -0.2) is 0 Å². The zero-order valence-electron chi connectivity index (χ0n) is 8.84. The Morgan fingerprint density at radius 2 is 2.33 bits per heavy atom. The quantitative estimate of drug-likeness (QED) is 0.792. The average molecular weight is 289 g/mol. The van der Waals surface area contributed by atoms with Gasteiger partial charge in [0, 0.05) is 22.1 Å². The predicted octanol–water partition coefficient (Wildman–Crippen LogP) is 4.09. The van der Waals surface area contributed by atoms with Crippen LogP contribution >= 0.6 is 27.5 Å². The third kappa shape index (κ3) is 2.74. The minimum Gasteiger partial charge on any atom is -0.296 e. The molecule has 1 atom stereocenters. The first kappa shape index (κ1) is 11.4. The van der Waals surface area contributed by atoms with Gasteiger partial charge < -0.3 is 0 Å². The van der Waals surface area contributed by atoms with Gasteiger partial charge in [-0.05, 0) is 44.0 Å². The lowest BCUT2D eigenvalue weighted by Gasteiger charge is -2.21. The van der Waals surface area contributed by atoms with Crippen molar-refractivity contribution in [2.75, 3.05) is 6.54 Å². The fourth-order valence-corrected chi connectivity index (χ4v) is 2.90. The summed E-state index contributed by atoms with van der Waals surface area (Å²) in [5.74, 6) is 0. The first-order valence-electron chi connectivity index (χ1n) is 5.35. The molecule has 1 unspecified atom stereocenters. The number of hydrogen-bond acceptors (Lipinski definition) is 1. The molecule has 0 aliphatic carbocycles. The van der Waals surface area contributed by atoms with Crippen molar-refractivity contribution in [2.45, 2.75) is 32.4 Å². The summed E-state index contributed by atoms with van der Waals surface area (Å²) in [4.78, 5) is 2.52. The van der Waals surface area contributed by atoms with E-state index >= 15 is 0 Å². The van der Waals surface area contributed by atoms with Crippen molar-refractivity contribution in [3.05, 3.63) is 33.3 Å². The molecule has 1 heterocycles. The molecule has 82 valence electrons. The van der Waals surface area contributed by atoms with Gasteiger partial charge in [0.2, 0.25) is 0 Å². The van der Waals surface area contributed by atoms with Gasteiger partial charge in [-0.2, -0.15) is 0 Å². The number of rotatable bonds is 2. The van der Waals surface area contributed by atoms with Gasteiger partial charge in [-0.3, -0.25) is 4.90 Å². The Balaban J connectivity index is 2.10. The minimum atomic E-state index is 0.715. The van der Waals surface area contributed by atoms with Crippen molar-refractivity contribution >= 4 is 27.5 Å². The van der Waals surface area contributed by atoms with E-state index in [1.165, 1.54) is 24.9 Å². The fourth-order valence-electron chi connectivity index (χ4n) is 2.10. The van der Waals surface area contributed by atoms with Crippen molar-refractivity contribution in [1.82, 2.24) is 4.90 Å². The lowest BCUT2D eigenvalue weighted by Crippen LogP contribution is -2.26. The zero-order chi connectivity index (χ0) is 10.8. The summed E-state index contributed by atoms with van der Waals surface area (Å²) in [6.07, 6.45) is 2.65. The number of hydrogen-bond donors (Lipinski definition) is 0. The maximum Gasteiger partial charge on any atom is 0.0417 e. The fraction of sp³-hybridized carbons (Fsp3) is 0.500.